The second-order valence-corrected chi connectivity index (χ2v) is 12.3. The van der Waals surface area contributed by atoms with Gasteiger partial charge in [0, 0.05) is 62.8 Å². The van der Waals surface area contributed by atoms with Crippen LogP contribution < -0.4 is 14.9 Å². The number of hydrogen-bond donors (Lipinski definition) is 1. The van der Waals surface area contributed by atoms with Gasteiger partial charge in [0.15, 0.2) is 4.90 Å². The molecule has 208 valence electrons. The Morgan fingerprint density at radius 2 is 1.48 bits per heavy atom. The number of amides is 1. The number of carbonyl (C=O) groups excluding carboxylic acids is 1. The quantitative estimate of drug-likeness (QED) is 0.349. The number of nitrogens with two attached hydrogens (primary N) is 1. The lowest BCUT2D eigenvalue weighted by Crippen LogP contribution is -2.49. The molecule has 2 saturated heterocycles. The van der Waals surface area contributed by atoms with Crippen molar-refractivity contribution in [2.24, 2.45) is 5.14 Å². The molecule has 8 nitrogen and oxygen atoms in total. The van der Waals surface area contributed by atoms with Crippen LogP contribution in [0.3, 0.4) is 0 Å². The Bertz CT molecular complexity index is 1410. The zero-order valence-electron chi connectivity index (χ0n) is 22.9. The SMILES string of the molecule is Cc1cc(C)c(C(=O)N2CCN(c3ccccc3[S+](N)[O-])CC2)cc1SN1CCN(c2ccccc2C#N)CC1. The van der Waals surface area contributed by atoms with Crippen molar-refractivity contribution >= 4 is 40.6 Å². The van der Waals surface area contributed by atoms with Crippen molar-refractivity contribution < 1.29 is 9.35 Å². The predicted octanol–water partition coefficient (Wildman–Crippen LogP) is 3.95. The van der Waals surface area contributed by atoms with Crippen LogP contribution in [-0.2, 0) is 11.4 Å². The molecule has 2 N–H and O–H groups in total. The average molecular weight is 575 g/mol. The first-order chi connectivity index (χ1) is 19.4. The molecule has 40 heavy (non-hydrogen) atoms. The van der Waals surface area contributed by atoms with Crippen LogP contribution in [0.15, 0.2) is 70.5 Å². The van der Waals surface area contributed by atoms with Crippen molar-refractivity contribution in [2.45, 2.75) is 23.6 Å². The van der Waals surface area contributed by atoms with Crippen molar-refractivity contribution in [3.8, 4) is 6.07 Å². The fraction of sp³-hybridized carbons (Fsp3) is 0.333. The van der Waals surface area contributed by atoms with Crippen LogP contribution in [-0.4, -0.2) is 72.0 Å². The van der Waals surface area contributed by atoms with E-state index in [1.54, 1.807) is 18.0 Å². The van der Waals surface area contributed by atoms with E-state index < -0.39 is 11.4 Å². The molecule has 0 aliphatic carbocycles. The highest BCUT2D eigenvalue weighted by Gasteiger charge is 2.27. The minimum Gasteiger partial charge on any atom is -0.593 e. The van der Waals surface area contributed by atoms with Gasteiger partial charge < -0.3 is 19.3 Å². The monoisotopic (exact) mass is 574 g/mol. The Kier molecular flexibility index (Phi) is 8.88. The second-order valence-electron chi connectivity index (χ2n) is 10.1. The number of anilines is 2. The van der Waals surface area contributed by atoms with Gasteiger partial charge in [-0.1, -0.05) is 30.3 Å². The summed E-state index contributed by atoms with van der Waals surface area (Å²) in [5, 5.41) is 15.2. The van der Waals surface area contributed by atoms with Crippen LogP contribution in [0.25, 0.3) is 0 Å². The molecule has 2 fully saturated rings. The topological polar surface area (TPSA) is 103 Å². The standard InChI is InChI=1S/C30H34N6O2S2/c1-22-19-23(2)28(39-36-17-15-33(16-18-36)26-8-4-3-7-24(26)21-31)20-25(22)30(37)35-13-11-34(12-14-35)27-9-5-6-10-29(27)40(32)38/h3-10,19-20H,11-18,32H2,1-2H3. The van der Waals surface area contributed by atoms with E-state index in [-0.39, 0.29) is 5.91 Å². The molecule has 2 heterocycles. The molecule has 0 spiro atoms. The lowest BCUT2D eigenvalue weighted by atomic mass is 10.0. The summed E-state index contributed by atoms with van der Waals surface area (Å²) in [5.41, 5.74) is 5.46. The van der Waals surface area contributed by atoms with E-state index in [1.165, 1.54) is 0 Å². The number of nitriles is 1. The fourth-order valence-corrected chi connectivity index (χ4v) is 6.99. The normalized spacial score (nSPS) is 17.0. The third-order valence-corrected chi connectivity index (χ3v) is 9.61. The highest BCUT2D eigenvalue weighted by Crippen LogP contribution is 2.32. The van der Waals surface area contributed by atoms with Crippen LogP contribution in [0.4, 0.5) is 11.4 Å². The molecular formula is C30H34N6O2S2. The minimum atomic E-state index is -1.56. The van der Waals surface area contributed by atoms with Gasteiger partial charge in [-0.05, 0) is 67.3 Å². The molecule has 5 rings (SSSR count). The number of para-hydroxylation sites is 2. The first kappa shape index (κ1) is 28.3. The molecule has 1 amide bonds. The van der Waals surface area contributed by atoms with Gasteiger partial charge >= 0.3 is 0 Å². The number of nitrogens with zero attached hydrogens (tertiary/aromatic N) is 5. The summed E-state index contributed by atoms with van der Waals surface area (Å²) in [7, 11) is 0. The van der Waals surface area contributed by atoms with Gasteiger partial charge in [-0.3, -0.25) is 4.79 Å². The van der Waals surface area contributed by atoms with Crippen molar-refractivity contribution in [3.05, 3.63) is 82.9 Å². The smallest absolute Gasteiger partial charge is 0.254 e. The minimum absolute atomic E-state index is 0.0487. The van der Waals surface area contributed by atoms with E-state index >= 15 is 0 Å². The molecule has 0 aromatic heterocycles. The molecule has 1 atom stereocenters. The predicted molar refractivity (Wildman–Crippen MR) is 162 cm³/mol. The number of hydrogen-bond acceptors (Lipinski definition) is 8. The van der Waals surface area contributed by atoms with Gasteiger partial charge in [-0.2, -0.15) is 5.26 Å². The van der Waals surface area contributed by atoms with Gasteiger partial charge in [0.25, 0.3) is 5.91 Å². The molecule has 10 heteroatoms. The number of carbonyl (C=O) groups is 1. The maximum atomic E-state index is 13.6. The van der Waals surface area contributed by atoms with Crippen LogP contribution in [0.5, 0.6) is 0 Å². The highest BCUT2D eigenvalue weighted by atomic mass is 32.2. The van der Waals surface area contributed by atoms with Crippen LogP contribution in [0.1, 0.15) is 27.0 Å². The Hall–Kier alpha value is -3.20. The van der Waals surface area contributed by atoms with Gasteiger partial charge in [-0.25, -0.2) is 4.31 Å². The Morgan fingerprint density at radius 1 is 0.875 bits per heavy atom. The summed E-state index contributed by atoms with van der Waals surface area (Å²) in [4.78, 5) is 21.7. The summed E-state index contributed by atoms with van der Waals surface area (Å²) in [5.74, 6) is 0.0487. The maximum Gasteiger partial charge on any atom is 0.254 e. The molecule has 0 bridgehead atoms. The third kappa shape index (κ3) is 6.09. The molecule has 2 aliphatic heterocycles. The van der Waals surface area contributed by atoms with Crippen molar-refractivity contribution in [1.29, 1.82) is 5.26 Å². The molecule has 2 aliphatic rings. The largest absolute Gasteiger partial charge is 0.593 e. The summed E-state index contributed by atoms with van der Waals surface area (Å²) in [6.07, 6.45) is 0. The first-order valence-electron chi connectivity index (χ1n) is 13.4. The molecule has 3 aromatic carbocycles. The fourth-order valence-electron chi connectivity index (χ4n) is 5.37. The van der Waals surface area contributed by atoms with Crippen LogP contribution >= 0.6 is 11.9 Å². The van der Waals surface area contributed by atoms with Crippen molar-refractivity contribution in [2.75, 3.05) is 62.2 Å². The number of rotatable bonds is 6. The van der Waals surface area contributed by atoms with Crippen molar-refractivity contribution in [3.63, 3.8) is 0 Å². The van der Waals surface area contributed by atoms with Gasteiger partial charge in [0.1, 0.15) is 6.07 Å². The molecule has 0 saturated carbocycles. The molecule has 3 aromatic rings. The second kappa shape index (κ2) is 12.5. The summed E-state index contributed by atoms with van der Waals surface area (Å²) in [6, 6.07) is 21.7. The van der Waals surface area contributed by atoms with E-state index in [2.05, 4.69) is 33.2 Å². The van der Waals surface area contributed by atoms with Gasteiger partial charge in [-0.15, -0.1) is 5.14 Å². The average Bonchev–Trinajstić information content (AvgIpc) is 2.98. The molecular weight excluding hydrogens is 541 g/mol. The van der Waals surface area contributed by atoms with Crippen LogP contribution in [0.2, 0.25) is 0 Å². The zero-order valence-corrected chi connectivity index (χ0v) is 24.5. The highest BCUT2D eigenvalue weighted by molar-refractivity contribution is 7.97. The van der Waals surface area contributed by atoms with E-state index in [4.69, 9.17) is 5.14 Å². The van der Waals surface area contributed by atoms with E-state index in [0.29, 0.717) is 36.6 Å². The summed E-state index contributed by atoms with van der Waals surface area (Å²) in [6.45, 7) is 10.00. The number of benzene rings is 3. The Labute approximate surface area is 243 Å². The van der Waals surface area contributed by atoms with E-state index in [9.17, 15) is 14.6 Å². The Morgan fingerprint density at radius 3 is 2.15 bits per heavy atom. The maximum absolute atomic E-state index is 13.6. The van der Waals surface area contributed by atoms with E-state index in [0.717, 1.165) is 59.1 Å². The zero-order chi connectivity index (χ0) is 28.2. The van der Waals surface area contributed by atoms with Gasteiger partial charge in [0.05, 0.1) is 28.3 Å². The van der Waals surface area contributed by atoms with E-state index in [1.807, 2.05) is 60.4 Å². The van der Waals surface area contributed by atoms with Gasteiger partial charge in [0.2, 0.25) is 0 Å². The number of aryl methyl sites for hydroxylation is 2. The third-order valence-electron chi connectivity index (χ3n) is 7.57. The van der Waals surface area contributed by atoms with Crippen LogP contribution in [0, 0.1) is 25.2 Å². The lowest BCUT2D eigenvalue weighted by molar-refractivity contribution is 0.0745. The lowest BCUT2D eigenvalue weighted by Gasteiger charge is -2.37. The Balaban J connectivity index is 1.23. The number of piperazine rings is 2. The molecule has 1 unspecified atom stereocenters. The molecule has 0 radical (unpaired) electrons. The van der Waals surface area contributed by atoms with Crippen molar-refractivity contribution in [1.82, 2.24) is 9.21 Å². The summed E-state index contributed by atoms with van der Waals surface area (Å²) >= 11 is 0.151. The first-order valence-corrected chi connectivity index (χ1v) is 15.4. The summed E-state index contributed by atoms with van der Waals surface area (Å²) < 4.78 is 14.3.